The van der Waals surface area contributed by atoms with Crippen LogP contribution in [0.25, 0.3) is 16.7 Å². The van der Waals surface area contributed by atoms with Crippen molar-refractivity contribution in [2.45, 2.75) is 25.2 Å². The molecular weight excluding hydrogens is 485 g/mol. The zero-order valence-electron chi connectivity index (χ0n) is 19.7. The first-order valence-corrected chi connectivity index (χ1v) is 11.6. The highest BCUT2D eigenvalue weighted by Gasteiger charge is 2.31. The van der Waals surface area contributed by atoms with Gasteiger partial charge in [-0.05, 0) is 60.5 Å². The van der Waals surface area contributed by atoms with Crippen molar-refractivity contribution in [3.05, 3.63) is 101 Å². The summed E-state index contributed by atoms with van der Waals surface area (Å²) in [6.07, 6.45) is 0.733. The number of amides is 1. The Morgan fingerprint density at radius 2 is 1.92 bits per heavy atom. The van der Waals surface area contributed by atoms with Crippen LogP contribution < -0.4 is 10.4 Å². The summed E-state index contributed by atoms with van der Waals surface area (Å²) in [5.74, 6) is 0.284. The van der Waals surface area contributed by atoms with Crippen LogP contribution in [0.4, 0.5) is 13.2 Å². The Balaban J connectivity index is 1.40. The highest BCUT2D eigenvalue weighted by atomic mass is 19.4. The number of hydrogen-bond acceptors (Lipinski definition) is 4. The minimum Gasteiger partial charge on any atom is -0.489 e. The second-order valence-electron chi connectivity index (χ2n) is 8.76. The number of carbonyl (C=O) groups is 1. The third-order valence-corrected chi connectivity index (χ3v) is 6.45. The van der Waals surface area contributed by atoms with Crippen LogP contribution in [0, 0.1) is 0 Å². The van der Waals surface area contributed by atoms with E-state index in [0.29, 0.717) is 47.5 Å². The molecule has 0 saturated carbocycles. The lowest BCUT2D eigenvalue weighted by molar-refractivity contribution is -0.137. The van der Waals surface area contributed by atoms with Gasteiger partial charge in [0.1, 0.15) is 12.4 Å². The van der Waals surface area contributed by atoms with Crippen LogP contribution >= 0.6 is 0 Å². The number of ether oxygens (including phenoxy) is 1. The zero-order chi connectivity index (χ0) is 26.2. The van der Waals surface area contributed by atoms with E-state index in [1.165, 1.54) is 12.1 Å². The fourth-order valence-corrected chi connectivity index (χ4v) is 4.65. The number of pyridine rings is 1. The third-order valence-electron chi connectivity index (χ3n) is 6.45. The first-order chi connectivity index (χ1) is 17.8. The van der Waals surface area contributed by atoms with Gasteiger partial charge in [0.25, 0.3) is 0 Å². The molecule has 37 heavy (non-hydrogen) atoms. The molecule has 1 atom stereocenters. The van der Waals surface area contributed by atoms with E-state index in [4.69, 9.17) is 4.74 Å². The molecule has 3 heterocycles. The van der Waals surface area contributed by atoms with Crippen molar-refractivity contribution in [3.8, 4) is 11.4 Å². The molecule has 1 saturated heterocycles. The molecule has 190 valence electrons. The molecule has 5 rings (SSSR count). The summed E-state index contributed by atoms with van der Waals surface area (Å²) in [7, 11) is 0. The van der Waals surface area contributed by atoms with Crippen LogP contribution in [0.5, 0.6) is 5.75 Å². The summed E-state index contributed by atoms with van der Waals surface area (Å²) in [5, 5.41) is 0. The fraction of sp³-hybridized carbons (Fsp3) is 0.222. The minimum absolute atomic E-state index is 0.0337. The van der Waals surface area contributed by atoms with Crippen LogP contribution in [0.2, 0.25) is 0 Å². The van der Waals surface area contributed by atoms with E-state index < -0.39 is 11.7 Å². The van der Waals surface area contributed by atoms with Gasteiger partial charge in [0.05, 0.1) is 34.5 Å². The Hall–Kier alpha value is -4.34. The number of carbonyl (C=O) groups excluding carboxylic acids is 1. The summed E-state index contributed by atoms with van der Waals surface area (Å²) >= 11 is 0. The predicted molar refractivity (Wildman–Crippen MR) is 132 cm³/mol. The summed E-state index contributed by atoms with van der Waals surface area (Å²) < 4.78 is 47.8. The maximum absolute atomic E-state index is 13.6. The number of halogens is 3. The number of imidazole rings is 1. The highest BCUT2D eigenvalue weighted by molar-refractivity contribution is 5.87. The lowest BCUT2D eigenvalue weighted by Gasteiger charge is -2.15. The molecule has 1 unspecified atom stereocenters. The number of benzene rings is 2. The standard InChI is InChI=1S/C27H23F3N4O3/c1-2-25(35)32-13-11-21(16-32)34-23-10-12-31-15-24(23)33(26(34)36)20-6-8-22(9-7-20)37-17-18-4-3-5-19(14-18)27(28,29)30/h2-10,12,14-15,21H,1,11,13,16-17H2. The number of hydrogen-bond donors (Lipinski definition) is 0. The monoisotopic (exact) mass is 508 g/mol. The molecule has 1 fully saturated rings. The average molecular weight is 509 g/mol. The Morgan fingerprint density at radius 1 is 1.14 bits per heavy atom. The van der Waals surface area contributed by atoms with Crippen LogP contribution in [0.3, 0.4) is 0 Å². The first kappa shape index (κ1) is 24.4. The second-order valence-corrected chi connectivity index (χ2v) is 8.76. The first-order valence-electron chi connectivity index (χ1n) is 11.6. The van der Waals surface area contributed by atoms with Gasteiger partial charge in [-0.1, -0.05) is 18.7 Å². The fourth-order valence-electron chi connectivity index (χ4n) is 4.65. The van der Waals surface area contributed by atoms with E-state index in [9.17, 15) is 22.8 Å². The molecule has 10 heteroatoms. The van der Waals surface area contributed by atoms with E-state index in [1.807, 2.05) is 0 Å². The Labute approximate surface area is 210 Å². The van der Waals surface area contributed by atoms with Gasteiger partial charge >= 0.3 is 11.9 Å². The number of aromatic nitrogens is 3. The van der Waals surface area contributed by atoms with Crippen molar-refractivity contribution in [3.63, 3.8) is 0 Å². The molecule has 0 bridgehead atoms. The largest absolute Gasteiger partial charge is 0.489 e. The molecule has 1 aliphatic rings. The SMILES string of the molecule is C=CC(=O)N1CCC(n2c(=O)n(-c3ccc(OCc4cccc(C(F)(F)F)c4)cc3)c3cnccc32)C1. The number of fused-ring (bicyclic) bond motifs is 1. The zero-order valence-corrected chi connectivity index (χ0v) is 19.7. The molecule has 7 nitrogen and oxygen atoms in total. The van der Waals surface area contributed by atoms with Gasteiger partial charge in [-0.15, -0.1) is 0 Å². The van der Waals surface area contributed by atoms with Crippen molar-refractivity contribution in [2.24, 2.45) is 0 Å². The topological polar surface area (TPSA) is 69.4 Å². The highest BCUT2D eigenvalue weighted by Crippen LogP contribution is 2.30. The lowest BCUT2D eigenvalue weighted by Crippen LogP contribution is -2.31. The van der Waals surface area contributed by atoms with Gasteiger partial charge in [0.2, 0.25) is 5.91 Å². The van der Waals surface area contributed by atoms with Crippen molar-refractivity contribution in [2.75, 3.05) is 13.1 Å². The van der Waals surface area contributed by atoms with E-state index >= 15 is 0 Å². The maximum Gasteiger partial charge on any atom is 0.416 e. The lowest BCUT2D eigenvalue weighted by atomic mass is 10.1. The van der Waals surface area contributed by atoms with Crippen molar-refractivity contribution in [1.82, 2.24) is 19.0 Å². The summed E-state index contributed by atoms with van der Waals surface area (Å²) in [5.41, 5.74) is 1.34. The molecule has 1 aliphatic heterocycles. The van der Waals surface area contributed by atoms with Gasteiger partial charge in [0, 0.05) is 19.3 Å². The van der Waals surface area contributed by atoms with Crippen molar-refractivity contribution in [1.29, 1.82) is 0 Å². The molecule has 2 aromatic heterocycles. The molecule has 0 aliphatic carbocycles. The van der Waals surface area contributed by atoms with Crippen molar-refractivity contribution >= 4 is 16.9 Å². The number of rotatable bonds is 6. The molecule has 4 aromatic rings. The van der Waals surface area contributed by atoms with Crippen molar-refractivity contribution < 1.29 is 22.7 Å². The summed E-state index contributed by atoms with van der Waals surface area (Å²) in [6.45, 7) is 4.45. The van der Waals surface area contributed by atoms with Gasteiger partial charge in [-0.2, -0.15) is 13.2 Å². The molecule has 0 radical (unpaired) electrons. The van der Waals surface area contributed by atoms with Crippen LogP contribution in [0.15, 0.2) is 84.4 Å². The normalized spacial score (nSPS) is 15.8. The van der Waals surface area contributed by atoms with E-state index in [1.54, 1.807) is 62.8 Å². The number of likely N-dealkylation sites (tertiary alicyclic amines) is 1. The van der Waals surface area contributed by atoms with Gasteiger partial charge in [-0.3, -0.25) is 18.9 Å². The number of alkyl halides is 3. The predicted octanol–water partition coefficient (Wildman–Crippen LogP) is 4.74. The molecular formula is C27H23F3N4O3. The van der Waals surface area contributed by atoms with Gasteiger partial charge < -0.3 is 9.64 Å². The van der Waals surface area contributed by atoms with Crippen LogP contribution in [-0.4, -0.2) is 38.0 Å². The second kappa shape index (κ2) is 9.61. The summed E-state index contributed by atoms with van der Waals surface area (Å²) in [6, 6.07) is 13.3. The van der Waals surface area contributed by atoms with E-state index in [-0.39, 0.29) is 24.2 Å². The quantitative estimate of drug-likeness (QED) is 0.353. The molecule has 1 amide bonds. The Bertz CT molecular complexity index is 1520. The van der Waals surface area contributed by atoms with Crippen LogP contribution in [0.1, 0.15) is 23.6 Å². The molecule has 0 spiro atoms. The molecule has 2 aromatic carbocycles. The van der Waals surface area contributed by atoms with Crippen LogP contribution in [-0.2, 0) is 17.6 Å². The number of nitrogens with zero attached hydrogens (tertiary/aromatic N) is 4. The van der Waals surface area contributed by atoms with Gasteiger partial charge in [-0.25, -0.2) is 4.79 Å². The maximum atomic E-state index is 13.6. The van der Waals surface area contributed by atoms with E-state index in [0.717, 1.165) is 12.1 Å². The Kier molecular flexibility index (Phi) is 6.32. The molecule has 0 N–H and O–H groups in total. The summed E-state index contributed by atoms with van der Waals surface area (Å²) in [4.78, 5) is 31.5. The minimum atomic E-state index is -4.42. The Morgan fingerprint density at radius 3 is 2.65 bits per heavy atom. The smallest absolute Gasteiger partial charge is 0.416 e. The average Bonchev–Trinajstić information content (AvgIpc) is 3.49. The van der Waals surface area contributed by atoms with Gasteiger partial charge in [0.15, 0.2) is 0 Å². The third kappa shape index (κ3) is 4.74. The van der Waals surface area contributed by atoms with E-state index in [2.05, 4.69) is 11.6 Å².